The van der Waals surface area contributed by atoms with Gasteiger partial charge in [-0.3, -0.25) is 0 Å². The molecule has 6 heteroatoms. The average molecular weight is 281 g/mol. The van der Waals surface area contributed by atoms with Crippen molar-refractivity contribution in [2.24, 2.45) is 5.73 Å². The number of hydrogen-bond donors (Lipinski definition) is 2. The van der Waals surface area contributed by atoms with Crippen LogP contribution in [0.1, 0.15) is 25.1 Å². The molecule has 5 nitrogen and oxygen atoms in total. The lowest BCUT2D eigenvalue weighted by molar-refractivity contribution is 0.661. The summed E-state index contributed by atoms with van der Waals surface area (Å²) in [6, 6.07) is 7.24. The molecule has 0 aliphatic heterocycles. The largest absolute Gasteiger partial charge is 0.347 e. The van der Waals surface area contributed by atoms with Crippen LogP contribution < -0.4 is 11.4 Å². The zero-order chi connectivity index (χ0) is 13.7. The second-order valence-corrected chi connectivity index (χ2v) is 4.74. The summed E-state index contributed by atoms with van der Waals surface area (Å²) in [5.74, 6) is 0.704. The molecular formula is C13H17ClN4O. The summed E-state index contributed by atoms with van der Waals surface area (Å²) in [5, 5.41) is 7.08. The van der Waals surface area contributed by atoms with Gasteiger partial charge in [0.25, 0.3) is 0 Å². The van der Waals surface area contributed by atoms with Crippen molar-refractivity contribution in [3.8, 4) is 5.69 Å². The SMILES string of the molecule is NCCCCCc1n[nH]c(=O)n1-c1ccccc1Cl. The van der Waals surface area contributed by atoms with E-state index < -0.39 is 0 Å². The van der Waals surface area contributed by atoms with Crippen molar-refractivity contribution < 1.29 is 0 Å². The molecule has 3 N–H and O–H groups in total. The summed E-state index contributed by atoms with van der Waals surface area (Å²) in [6.45, 7) is 0.692. The number of H-pyrrole nitrogens is 1. The molecule has 1 heterocycles. The van der Waals surface area contributed by atoms with Gasteiger partial charge < -0.3 is 5.73 Å². The maximum atomic E-state index is 11.8. The summed E-state index contributed by atoms with van der Waals surface area (Å²) in [6.07, 6.45) is 3.69. The molecule has 1 aromatic carbocycles. The maximum Gasteiger partial charge on any atom is 0.347 e. The van der Waals surface area contributed by atoms with E-state index in [4.69, 9.17) is 17.3 Å². The van der Waals surface area contributed by atoms with Crippen molar-refractivity contribution in [2.75, 3.05) is 6.54 Å². The van der Waals surface area contributed by atoms with Crippen molar-refractivity contribution in [1.29, 1.82) is 0 Å². The van der Waals surface area contributed by atoms with Crippen LogP contribution in [0.4, 0.5) is 0 Å². The van der Waals surface area contributed by atoms with E-state index in [1.165, 1.54) is 4.57 Å². The normalized spacial score (nSPS) is 10.8. The Kier molecular flexibility index (Phi) is 4.76. The number of nitrogens with zero attached hydrogens (tertiary/aromatic N) is 2. The smallest absolute Gasteiger partial charge is 0.330 e. The van der Waals surface area contributed by atoms with Gasteiger partial charge >= 0.3 is 5.69 Å². The van der Waals surface area contributed by atoms with E-state index in [1.54, 1.807) is 6.07 Å². The van der Waals surface area contributed by atoms with E-state index >= 15 is 0 Å². The second-order valence-electron chi connectivity index (χ2n) is 4.33. The molecule has 0 atom stereocenters. The number of aromatic amines is 1. The first-order valence-electron chi connectivity index (χ1n) is 6.35. The number of unbranched alkanes of at least 4 members (excludes halogenated alkanes) is 2. The van der Waals surface area contributed by atoms with Gasteiger partial charge in [-0.2, -0.15) is 5.10 Å². The lowest BCUT2D eigenvalue weighted by Gasteiger charge is -2.07. The van der Waals surface area contributed by atoms with Gasteiger partial charge in [-0.1, -0.05) is 30.2 Å². The standard InChI is InChI=1S/C13H17ClN4O/c14-10-6-3-4-7-11(10)18-12(16-17-13(18)19)8-2-1-5-9-15/h3-4,6-7H,1-2,5,8-9,15H2,(H,17,19). The first kappa shape index (κ1) is 13.8. The van der Waals surface area contributed by atoms with Gasteiger partial charge in [0.05, 0.1) is 10.7 Å². The molecule has 1 aromatic heterocycles. The van der Waals surface area contributed by atoms with Gasteiger partial charge in [-0.15, -0.1) is 0 Å². The molecule has 0 spiro atoms. The number of para-hydroxylation sites is 1. The summed E-state index contributed by atoms with van der Waals surface area (Å²) in [7, 11) is 0. The zero-order valence-corrected chi connectivity index (χ0v) is 11.4. The Labute approximate surface area is 116 Å². The Hall–Kier alpha value is -1.59. The second kappa shape index (κ2) is 6.54. The number of hydrogen-bond acceptors (Lipinski definition) is 3. The molecule has 0 amide bonds. The summed E-state index contributed by atoms with van der Waals surface area (Å²) in [5.41, 5.74) is 5.86. The van der Waals surface area contributed by atoms with Crippen molar-refractivity contribution in [3.05, 3.63) is 45.6 Å². The van der Waals surface area contributed by atoms with Gasteiger partial charge in [-0.25, -0.2) is 14.5 Å². The predicted molar refractivity (Wildman–Crippen MR) is 75.8 cm³/mol. The molecule has 0 unspecified atom stereocenters. The van der Waals surface area contributed by atoms with E-state index in [-0.39, 0.29) is 5.69 Å². The number of aromatic nitrogens is 3. The van der Waals surface area contributed by atoms with Crippen LogP contribution in [0.25, 0.3) is 5.69 Å². The molecule has 0 saturated heterocycles. The fraction of sp³-hybridized carbons (Fsp3) is 0.385. The first-order valence-corrected chi connectivity index (χ1v) is 6.73. The number of halogens is 1. The fourth-order valence-corrected chi connectivity index (χ4v) is 2.20. The molecule has 0 bridgehead atoms. The lowest BCUT2D eigenvalue weighted by Crippen LogP contribution is -2.17. The first-order chi connectivity index (χ1) is 9.24. The highest BCUT2D eigenvalue weighted by Gasteiger charge is 2.12. The van der Waals surface area contributed by atoms with E-state index in [0.29, 0.717) is 23.1 Å². The highest BCUT2D eigenvalue weighted by Crippen LogP contribution is 2.19. The minimum atomic E-state index is -0.262. The van der Waals surface area contributed by atoms with E-state index in [2.05, 4.69) is 10.2 Å². The molecule has 0 saturated carbocycles. The Balaban J connectivity index is 2.23. The van der Waals surface area contributed by atoms with Crippen LogP contribution in [0.15, 0.2) is 29.1 Å². The van der Waals surface area contributed by atoms with Gasteiger partial charge in [0.1, 0.15) is 5.82 Å². The topological polar surface area (TPSA) is 76.7 Å². The highest BCUT2D eigenvalue weighted by atomic mass is 35.5. The molecule has 2 rings (SSSR count). The van der Waals surface area contributed by atoms with E-state index in [9.17, 15) is 4.79 Å². The summed E-state index contributed by atoms with van der Waals surface area (Å²) in [4.78, 5) is 11.8. The predicted octanol–water partition coefficient (Wildman–Crippen LogP) is 1.89. The summed E-state index contributed by atoms with van der Waals surface area (Å²) >= 11 is 6.13. The number of aryl methyl sites for hydroxylation is 1. The third-order valence-electron chi connectivity index (χ3n) is 2.94. The zero-order valence-electron chi connectivity index (χ0n) is 10.6. The Morgan fingerprint density at radius 3 is 2.79 bits per heavy atom. The molecule has 2 aromatic rings. The minimum absolute atomic E-state index is 0.262. The molecule has 0 aliphatic carbocycles. The highest BCUT2D eigenvalue weighted by molar-refractivity contribution is 6.32. The van der Waals surface area contributed by atoms with Crippen LogP contribution in [0.5, 0.6) is 0 Å². The summed E-state index contributed by atoms with van der Waals surface area (Å²) < 4.78 is 1.53. The van der Waals surface area contributed by atoms with Crippen molar-refractivity contribution in [3.63, 3.8) is 0 Å². The number of benzene rings is 1. The molecule has 0 aliphatic rings. The van der Waals surface area contributed by atoms with Crippen molar-refractivity contribution >= 4 is 11.6 Å². The van der Waals surface area contributed by atoms with Crippen molar-refractivity contribution in [2.45, 2.75) is 25.7 Å². The number of nitrogens with one attached hydrogen (secondary N) is 1. The molecular weight excluding hydrogens is 264 g/mol. The van der Waals surface area contributed by atoms with E-state index in [1.807, 2.05) is 18.2 Å². The molecule has 0 fully saturated rings. The lowest BCUT2D eigenvalue weighted by atomic mass is 10.2. The molecule has 102 valence electrons. The third-order valence-corrected chi connectivity index (χ3v) is 3.26. The minimum Gasteiger partial charge on any atom is -0.330 e. The van der Waals surface area contributed by atoms with Crippen LogP contribution >= 0.6 is 11.6 Å². The Bertz CT molecular complexity index is 590. The van der Waals surface area contributed by atoms with Crippen LogP contribution in [0, 0.1) is 0 Å². The Morgan fingerprint density at radius 1 is 1.26 bits per heavy atom. The molecule has 0 radical (unpaired) electrons. The average Bonchev–Trinajstić information content (AvgIpc) is 2.77. The number of rotatable bonds is 6. The van der Waals surface area contributed by atoms with Crippen LogP contribution in [0.2, 0.25) is 5.02 Å². The monoisotopic (exact) mass is 280 g/mol. The third kappa shape index (κ3) is 3.24. The van der Waals surface area contributed by atoms with Crippen LogP contribution in [-0.2, 0) is 6.42 Å². The quantitative estimate of drug-likeness (QED) is 0.793. The van der Waals surface area contributed by atoms with Crippen molar-refractivity contribution in [1.82, 2.24) is 14.8 Å². The van der Waals surface area contributed by atoms with Gasteiger partial charge in [0.15, 0.2) is 0 Å². The molecule has 19 heavy (non-hydrogen) atoms. The number of nitrogens with two attached hydrogens (primary N) is 1. The van der Waals surface area contributed by atoms with Gasteiger partial charge in [0, 0.05) is 6.42 Å². The fourth-order valence-electron chi connectivity index (χ4n) is 1.98. The van der Waals surface area contributed by atoms with Gasteiger partial charge in [-0.05, 0) is 31.5 Å². The van der Waals surface area contributed by atoms with Gasteiger partial charge in [0.2, 0.25) is 0 Å². The van der Waals surface area contributed by atoms with Crippen LogP contribution in [-0.4, -0.2) is 21.3 Å². The Morgan fingerprint density at radius 2 is 2.05 bits per heavy atom. The van der Waals surface area contributed by atoms with Crippen LogP contribution in [0.3, 0.4) is 0 Å². The van der Waals surface area contributed by atoms with E-state index in [0.717, 1.165) is 25.7 Å². The maximum absolute atomic E-state index is 11.8.